The van der Waals surface area contributed by atoms with Gasteiger partial charge in [-0.15, -0.1) is 0 Å². The number of rotatable bonds is 2. The standard InChI is InChI=1S/C15H18N4O3/c1-4-12-16-9(2)14(22-12)15(21)19-6-5-11-10(8-19)7-13(20)18(3)17-11/h7H,4-6,8H2,1-3H3. The van der Waals surface area contributed by atoms with Crippen molar-refractivity contribution >= 4 is 5.91 Å². The molecule has 0 saturated heterocycles. The molecule has 7 heteroatoms. The number of aryl methyl sites for hydroxylation is 3. The normalized spacial score (nSPS) is 14.0. The van der Waals surface area contributed by atoms with Gasteiger partial charge in [0.25, 0.3) is 11.5 Å². The number of hydrogen-bond donors (Lipinski definition) is 0. The van der Waals surface area contributed by atoms with Gasteiger partial charge in [0.15, 0.2) is 5.89 Å². The summed E-state index contributed by atoms with van der Waals surface area (Å²) in [6.45, 7) is 4.63. The summed E-state index contributed by atoms with van der Waals surface area (Å²) in [5, 5.41) is 4.25. The Morgan fingerprint density at radius 3 is 2.91 bits per heavy atom. The maximum absolute atomic E-state index is 12.6. The van der Waals surface area contributed by atoms with E-state index in [2.05, 4.69) is 10.1 Å². The Morgan fingerprint density at radius 1 is 1.45 bits per heavy atom. The average Bonchev–Trinajstić information content (AvgIpc) is 2.88. The molecule has 0 aromatic carbocycles. The van der Waals surface area contributed by atoms with E-state index in [-0.39, 0.29) is 17.2 Å². The van der Waals surface area contributed by atoms with Crippen LogP contribution in [0.1, 0.15) is 40.3 Å². The zero-order chi connectivity index (χ0) is 15.9. The summed E-state index contributed by atoms with van der Waals surface area (Å²) < 4.78 is 6.85. The highest BCUT2D eigenvalue weighted by Gasteiger charge is 2.27. The molecular weight excluding hydrogens is 284 g/mol. The lowest BCUT2D eigenvalue weighted by Crippen LogP contribution is -2.38. The number of fused-ring (bicyclic) bond motifs is 1. The number of nitrogens with zero attached hydrogens (tertiary/aromatic N) is 4. The summed E-state index contributed by atoms with van der Waals surface area (Å²) in [7, 11) is 1.63. The van der Waals surface area contributed by atoms with Gasteiger partial charge in [0.05, 0.1) is 11.4 Å². The highest BCUT2D eigenvalue weighted by Crippen LogP contribution is 2.20. The summed E-state index contributed by atoms with van der Waals surface area (Å²) >= 11 is 0. The second-order valence-corrected chi connectivity index (χ2v) is 5.43. The molecule has 116 valence electrons. The molecule has 1 amide bonds. The smallest absolute Gasteiger partial charge is 0.291 e. The van der Waals surface area contributed by atoms with Crippen molar-refractivity contribution in [3.8, 4) is 0 Å². The average molecular weight is 302 g/mol. The largest absolute Gasteiger partial charge is 0.435 e. The quantitative estimate of drug-likeness (QED) is 0.821. The van der Waals surface area contributed by atoms with Crippen molar-refractivity contribution in [1.82, 2.24) is 19.7 Å². The van der Waals surface area contributed by atoms with Gasteiger partial charge in [0.2, 0.25) is 5.76 Å². The van der Waals surface area contributed by atoms with E-state index >= 15 is 0 Å². The monoisotopic (exact) mass is 302 g/mol. The molecule has 0 N–H and O–H groups in total. The molecule has 0 bridgehead atoms. The van der Waals surface area contributed by atoms with Gasteiger partial charge < -0.3 is 9.32 Å². The number of amides is 1. The van der Waals surface area contributed by atoms with Crippen LogP contribution in [-0.4, -0.2) is 32.1 Å². The third-order valence-corrected chi connectivity index (χ3v) is 3.86. The molecule has 1 aliphatic rings. The first-order valence-corrected chi connectivity index (χ1v) is 7.31. The Morgan fingerprint density at radius 2 is 2.23 bits per heavy atom. The van der Waals surface area contributed by atoms with E-state index in [9.17, 15) is 9.59 Å². The minimum Gasteiger partial charge on any atom is -0.435 e. The van der Waals surface area contributed by atoms with Crippen LogP contribution in [0.15, 0.2) is 15.3 Å². The van der Waals surface area contributed by atoms with E-state index in [1.807, 2.05) is 6.92 Å². The second-order valence-electron chi connectivity index (χ2n) is 5.43. The first-order chi connectivity index (χ1) is 10.5. The fraction of sp³-hybridized carbons (Fsp3) is 0.467. The molecule has 7 nitrogen and oxygen atoms in total. The topological polar surface area (TPSA) is 81.2 Å². The predicted molar refractivity (Wildman–Crippen MR) is 78.5 cm³/mol. The first-order valence-electron chi connectivity index (χ1n) is 7.31. The van der Waals surface area contributed by atoms with E-state index in [4.69, 9.17) is 4.42 Å². The van der Waals surface area contributed by atoms with Crippen LogP contribution in [-0.2, 0) is 26.4 Å². The van der Waals surface area contributed by atoms with E-state index in [1.165, 1.54) is 4.68 Å². The van der Waals surface area contributed by atoms with Gasteiger partial charge in [-0.25, -0.2) is 9.67 Å². The van der Waals surface area contributed by atoms with Crippen LogP contribution in [0, 0.1) is 6.92 Å². The molecule has 0 radical (unpaired) electrons. The Kier molecular flexibility index (Phi) is 3.56. The summed E-state index contributed by atoms with van der Waals surface area (Å²) in [5.41, 5.74) is 2.11. The van der Waals surface area contributed by atoms with Gasteiger partial charge in [-0.05, 0) is 6.92 Å². The van der Waals surface area contributed by atoms with Crippen LogP contribution >= 0.6 is 0 Å². The molecule has 0 saturated carbocycles. The van der Waals surface area contributed by atoms with E-state index in [0.29, 0.717) is 37.5 Å². The molecule has 3 rings (SSSR count). The van der Waals surface area contributed by atoms with Gasteiger partial charge >= 0.3 is 0 Å². The number of hydrogen-bond acceptors (Lipinski definition) is 5. The highest BCUT2D eigenvalue weighted by molar-refractivity contribution is 5.92. The third-order valence-electron chi connectivity index (χ3n) is 3.86. The van der Waals surface area contributed by atoms with Crippen LogP contribution in [0.5, 0.6) is 0 Å². The summed E-state index contributed by atoms with van der Waals surface area (Å²) in [6.07, 6.45) is 1.28. The van der Waals surface area contributed by atoms with E-state index < -0.39 is 0 Å². The van der Waals surface area contributed by atoms with Crippen molar-refractivity contribution in [2.75, 3.05) is 6.54 Å². The third kappa shape index (κ3) is 2.43. The molecule has 0 spiro atoms. The Balaban J connectivity index is 1.87. The van der Waals surface area contributed by atoms with Crippen LogP contribution in [0.3, 0.4) is 0 Å². The van der Waals surface area contributed by atoms with Crippen molar-refractivity contribution < 1.29 is 9.21 Å². The van der Waals surface area contributed by atoms with Gasteiger partial charge in [0, 0.05) is 44.6 Å². The van der Waals surface area contributed by atoms with Crippen LogP contribution in [0.4, 0.5) is 0 Å². The molecule has 1 aliphatic heterocycles. The van der Waals surface area contributed by atoms with Crippen molar-refractivity contribution in [3.63, 3.8) is 0 Å². The zero-order valence-electron chi connectivity index (χ0n) is 12.9. The van der Waals surface area contributed by atoms with E-state index in [1.54, 1.807) is 24.9 Å². The molecule has 22 heavy (non-hydrogen) atoms. The molecular formula is C15H18N4O3. The van der Waals surface area contributed by atoms with Crippen molar-refractivity contribution in [2.24, 2.45) is 7.05 Å². The highest BCUT2D eigenvalue weighted by atomic mass is 16.4. The number of aromatic nitrogens is 3. The van der Waals surface area contributed by atoms with Gasteiger partial charge in [-0.1, -0.05) is 6.92 Å². The molecule has 3 heterocycles. The minimum atomic E-state index is -0.184. The van der Waals surface area contributed by atoms with Gasteiger partial charge in [-0.3, -0.25) is 9.59 Å². The van der Waals surface area contributed by atoms with E-state index in [0.717, 1.165) is 11.3 Å². The van der Waals surface area contributed by atoms with Crippen molar-refractivity contribution in [3.05, 3.63) is 45.0 Å². The second kappa shape index (κ2) is 5.40. The Bertz CT molecular complexity index is 791. The van der Waals surface area contributed by atoms with Crippen molar-refractivity contribution in [1.29, 1.82) is 0 Å². The summed E-state index contributed by atoms with van der Waals surface area (Å²) in [5.74, 6) is 0.668. The lowest BCUT2D eigenvalue weighted by atomic mass is 10.1. The maximum atomic E-state index is 12.6. The van der Waals surface area contributed by atoms with Crippen LogP contribution in [0.2, 0.25) is 0 Å². The van der Waals surface area contributed by atoms with Crippen molar-refractivity contribution in [2.45, 2.75) is 33.2 Å². The number of carbonyl (C=O) groups is 1. The van der Waals surface area contributed by atoms with Gasteiger partial charge in [0.1, 0.15) is 0 Å². The Hall–Kier alpha value is -2.44. The summed E-state index contributed by atoms with van der Waals surface area (Å²) in [6, 6.07) is 1.55. The van der Waals surface area contributed by atoms with Crippen LogP contribution in [0.25, 0.3) is 0 Å². The fourth-order valence-corrected chi connectivity index (χ4v) is 2.61. The SMILES string of the molecule is CCc1nc(C)c(C(=O)N2CCc3nn(C)c(=O)cc3C2)o1. The van der Waals surface area contributed by atoms with Crippen LogP contribution < -0.4 is 5.56 Å². The minimum absolute atomic E-state index is 0.169. The molecule has 0 atom stereocenters. The lowest BCUT2D eigenvalue weighted by molar-refractivity contribution is 0.0697. The molecule has 2 aromatic rings. The van der Waals surface area contributed by atoms with Gasteiger partial charge in [-0.2, -0.15) is 5.10 Å². The zero-order valence-corrected chi connectivity index (χ0v) is 12.9. The molecule has 0 fully saturated rings. The molecule has 0 unspecified atom stereocenters. The lowest BCUT2D eigenvalue weighted by Gasteiger charge is -2.27. The maximum Gasteiger partial charge on any atom is 0.291 e. The number of oxazole rings is 1. The summed E-state index contributed by atoms with van der Waals surface area (Å²) in [4.78, 5) is 30.2. The number of carbonyl (C=O) groups excluding carboxylic acids is 1. The predicted octanol–water partition coefficient (Wildman–Crippen LogP) is 0.838. The Labute approximate surface area is 127 Å². The fourth-order valence-electron chi connectivity index (χ4n) is 2.61. The first kappa shape index (κ1) is 14.5. The molecule has 0 aliphatic carbocycles. The molecule has 2 aromatic heterocycles.